The molecule has 1 aromatic heterocycles. The fraction of sp³-hybridized carbons (Fsp3) is 0.455. The Morgan fingerprint density at radius 2 is 2.04 bits per heavy atom. The zero-order chi connectivity index (χ0) is 19.0. The predicted octanol–water partition coefficient (Wildman–Crippen LogP) is 4.49. The molecule has 1 heterocycles. The van der Waals surface area contributed by atoms with Crippen LogP contribution in [-0.4, -0.2) is 11.8 Å². The lowest BCUT2D eigenvalue weighted by molar-refractivity contribution is -0.117. The summed E-state index contributed by atoms with van der Waals surface area (Å²) in [4.78, 5) is 26.1. The van der Waals surface area contributed by atoms with Gasteiger partial charge >= 0.3 is 0 Å². The van der Waals surface area contributed by atoms with Crippen LogP contribution in [0.4, 0.5) is 5.00 Å². The third kappa shape index (κ3) is 3.65. The summed E-state index contributed by atoms with van der Waals surface area (Å²) in [6, 6.07) is 10.2. The van der Waals surface area contributed by atoms with Crippen molar-refractivity contribution >= 4 is 28.2 Å². The summed E-state index contributed by atoms with van der Waals surface area (Å²) in [5, 5.41) is 3.70. The number of primary amides is 1. The van der Waals surface area contributed by atoms with Crippen LogP contribution in [-0.2, 0) is 17.6 Å². The maximum atomic E-state index is 12.8. The summed E-state index contributed by atoms with van der Waals surface area (Å²) in [5.41, 5.74) is 8.51. The van der Waals surface area contributed by atoms with E-state index in [1.165, 1.54) is 23.3 Å². The zero-order valence-electron chi connectivity index (χ0n) is 15.7. The van der Waals surface area contributed by atoms with E-state index < -0.39 is 5.91 Å². The number of hydrogen-bond donors (Lipinski definition) is 2. The van der Waals surface area contributed by atoms with E-state index in [0.29, 0.717) is 16.5 Å². The van der Waals surface area contributed by atoms with E-state index in [0.717, 1.165) is 31.2 Å². The molecular weight excluding hydrogens is 356 g/mol. The van der Waals surface area contributed by atoms with Crippen molar-refractivity contribution < 1.29 is 9.59 Å². The molecule has 0 unspecified atom stereocenters. The van der Waals surface area contributed by atoms with Gasteiger partial charge in [-0.05, 0) is 48.6 Å². The van der Waals surface area contributed by atoms with Gasteiger partial charge in [-0.25, -0.2) is 0 Å². The molecule has 0 aliphatic heterocycles. The number of thiophene rings is 1. The van der Waals surface area contributed by atoms with Crippen LogP contribution in [0, 0.1) is 11.8 Å². The van der Waals surface area contributed by atoms with Crippen molar-refractivity contribution in [1.29, 1.82) is 0 Å². The normalized spacial score (nSPS) is 23.5. The molecule has 5 heteroatoms. The van der Waals surface area contributed by atoms with Gasteiger partial charge in [-0.2, -0.15) is 0 Å². The van der Waals surface area contributed by atoms with Gasteiger partial charge in [-0.15, -0.1) is 11.3 Å². The van der Waals surface area contributed by atoms with Gasteiger partial charge in [0.1, 0.15) is 5.00 Å². The van der Waals surface area contributed by atoms with Crippen LogP contribution in [0.3, 0.4) is 0 Å². The minimum Gasteiger partial charge on any atom is -0.365 e. The Balaban J connectivity index is 1.51. The highest BCUT2D eigenvalue weighted by molar-refractivity contribution is 7.17. The van der Waals surface area contributed by atoms with Gasteiger partial charge in [0, 0.05) is 10.8 Å². The number of carbonyl (C=O) groups excluding carboxylic acids is 2. The lowest BCUT2D eigenvalue weighted by Crippen LogP contribution is -2.20. The molecule has 142 valence electrons. The molecule has 4 rings (SSSR count). The molecule has 2 amide bonds. The molecule has 1 fully saturated rings. The summed E-state index contributed by atoms with van der Waals surface area (Å²) in [6.07, 6.45) is 6.25. The first-order valence-electron chi connectivity index (χ1n) is 9.88. The Bertz CT molecular complexity index is 859. The van der Waals surface area contributed by atoms with Crippen LogP contribution in [0.5, 0.6) is 0 Å². The van der Waals surface area contributed by atoms with Gasteiger partial charge in [-0.3, -0.25) is 9.59 Å². The molecule has 0 saturated heterocycles. The van der Waals surface area contributed by atoms with E-state index in [9.17, 15) is 9.59 Å². The third-order valence-corrected chi connectivity index (χ3v) is 7.07. The lowest BCUT2D eigenvalue weighted by atomic mass is 9.84. The number of benzene rings is 1. The Morgan fingerprint density at radius 1 is 1.26 bits per heavy atom. The van der Waals surface area contributed by atoms with E-state index >= 15 is 0 Å². The molecule has 2 aliphatic carbocycles. The zero-order valence-corrected chi connectivity index (χ0v) is 16.5. The van der Waals surface area contributed by atoms with Gasteiger partial charge < -0.3 is 11.1 Å². The highest BCUT2D eigenvalue weighted by atomic mass is 32.1. The number of carbonyl (C=O) groups is 2. The number of anilines is 1. The van der Waals surface area contributed by atoms with Crippen molar-refractivity contribution in [3.63, 3.8) is 0 Å². The average Bonchev–Trinajstić information content (AvgIpc) is 3.38. The molecule has 2 aromatic rings. The lowest BCUT2D eigenvalue weighted by Gasteiger charge is -2.21. The monoisotopic (exact) mass is 382 g/mol. The summed E-state index contributed by atoms with van der Waals surface area (Å²) in [7, 11) is 0. The maximum absolute atomic E-state index is 12.8. The predicted molar refractivity (Wildman–Crippen MR) is 109 cm³/mol. The van der Waals surface area contributed by atoms with E-state index in [2.05, 4.69) is 24.4 Å². The first-order valence-corrected chi connectivity index (χ1v) is 10.7. The first-order chi connectivity index (χ1) is 13.1. The van der Waals surface area contributed by atoms with Crippen molar-refractivity contribution in [2.24, 2.45) is 17.6 Å². The molecule has 2 aliphatic rings. The summed E-state index contributed by atoms with van der Waals surface area (Å²) in [5.74, 6) is 0.533. The van der Waals surface area contributed by atoms with Crippen LogP contribution in [0.25, 0.3) is 0 Å². The second-order valence-electron chi connectivity index (χ2n) is 7.82. The fourth-order valence-corrected chi connectivity index (χ4v) is 5.79. The van der Waals surface area contributed by atoms with Crippen molar-refractivity contribution in [2.45, 2.75) is 51.4 Å². The number of fused-ring (bicyclic) bond motifs is 1. The fourth-order valence-electron chi connectivity index (χ4n) is 4.42. The molecule has 27 heavy (non-hydrogen) atoms. The molecule has 0 radical (unpaired) electrons. The Kier molecular flexibility index (Phi) is 5.04. The minimum absolute atomic E-state index is 0.00931. The highest BCUT2D eigenvalue weighted by Crippen LogP contribution is 2.48. The van der Waals surface area contributed by atoms with E-state index in [1.807, 2.05) is 18.2 Å². The highest BCUT2D eigenvalue weighted by Gasteiger charge is 2.44. The third-order valence-electron chi connectivity index (χ3n) is 5.90. The standard InChI is InChI=1S/C22H26N2O2S/c1-2-6-13-9-10-15-18(11-13)27-22(19(15)20(23)25)24-21(26)17-12-16(17)14-7-4-3-5-8-14/h3-5,7-8,13,16-17H,2,6,9-12H2,1H3,(H2,23,25)(H,24,26)/t13-,16+,17-/m1/s1. The Labute approximate surface area is 164 Å². The van der Waals surface area contributed by atoms with Crippen LogP contribution >= 0.6 is 11.3 Å². The van der Waals surface area contributed by atoms with Gasteiger partial charge in [-0.1, -0.05) is 50.1 Å². The minimum atomic E-state index is -0.424. The number of hydrogen-bond acceptors (Lipinski definition) is 3. The summed E-state index contributed by atoms with van der Waals surface area (Å²) >= 11 is 1.56. The topological polar surface area (TPSA) is 72.2 Å². The molecule has 3 atom stereocenters. The molecule has 1 saturated carbocycles. The van der Waals surface area contributed by atoms with Crippen LogP contribution in [0.15, 0.2) is 30.3 Å². The Morgan fingerprint density at radius 3 is 2.74 bits per heavy atom. The molecular formula is C22H26N2O2S. The number of amides is 2. The number of nitrogens with one attached hydrogen (secondary N) is 1. The molecule has 3 N–H and O–H groups in total. The van der Waals surface area contributed by atoms with E-state index in [4.69, 9.17) is 5.73 Å². The van der Waals surface area contributed by atoms with Crippen LogP contribution in [0.2, 0.25) is 0 Å². The molecule has 0 spiro atoms. The van der Waals surface area contributed by atoms with Gasteiger partial charge in [0.05, 0.1) is 5.56 Å². The van der Waals surface area contributed by atoms with Crippen molar-refractivity contribution in [3.05, 3.63) is 51.9 Å². The van der Waals surface area contributed by atoms with Crippen LogP contribution in [0.1, 0.15) is 64.9 Å². The van der Waals surface area contributed by atoms with E-state index in [-0.39, 0.29) is 17.7 Å². The Hall–Kier alpha value is -2.14. The van der Waals surface area contributed by atoms with Crippen LogP contribution < -0.4 is 11.1 Å². The second kappa shape index (κ2) is 7.47. The van der Waals surface area contributed by atoms with Gasteiger partial charge in [0.2, 0.25) is 5.91 Å². The number of nitrogens with two attached hydrogens (primary N) is 1. The summed E-state index contributed by atoms with van der Waals surface area (Å²) in [6.45, 7) is 2.21. The molecule has 1 aromatic carbocycles. The average molecular weight is 383 g/mol. The molecule has 4 nitrogen and oxygen atoms in total. The van der Waals surface area contributed by atoms with Crippen molar-refractivity contribution in [3.8, 4) is 0 Å². The van der Waals surface area contributed by atoms with Crippen molar-refractivity contribution in [2.75, 3.05) is 5.32 Å². The maximum Gasteiger partial charge on any atom is 0.251 e. The van der Waals surface area contributed by atoms with E-state index in [1.54, 1.807) is 11.3 Å². The number of rotatable bonds is 6. The quantitative estimate of drug-likeness (QED) is 0.772. The summed E-state index contributed by atoms with van der Waals surface area (Å²) < 4.78 is 0. The SMILES string of the molecule is CCC[C@@H]1CCc2c(sc(NC(=O)[C@@H]3C[C@H]3c3ccccc3)c2C(N)=O)C1. The second-order valence-corrected chi connectivity index (χ2v) is 8.92. The van der Waals surface area contributed by atoms with Gasteiger partial charge in [0.15, 0.2) is 0 Å². The van der Waals surface area contributed by atoms with Crippen molar-refractivity contribution in [1.82, 2.24) is 0 Å². The van der Waals surface area contributed by atoms with Gasteiger partial charge in [0.25, 0.3) is 5.91 Å². The first kappa shape index (κ1) is 18.2. The molecule has 0 bridgehead atoms. The smallest absolute Gasteiger partial charge is 0.251 e. The largest absolute Gasteiger partial charge is 0.365 e.